The summed E-state index contributed by atoms with van der Waals surface area (Å²) in [5.74, 6) is 0.743. The molecule has 0 radical (unpaired) electrons. The Labute approximate surface area is 126 Å². The highest BCUT2D eigenvalue weighted by molar-refractivity contribution is 6.34. The van der Waals surface area contributed by atoms with Crippen LogP contribution in [0.2, 0.25) is 5.02 Å². The molecule has 4 nitrogen and oxygen atoms in total. The summed E-state index contributed by atoms with van der Waals surface area (Å²) in [6, 6.07) is 3.89. The first-order chi connectivity index (χ1) is 9.65. The molecule has 0 aromatic heterocycles. The number of halogens is 1. The average Bonchev–Trinajstić information content (AvgIpc) is 2.47. The Kier molecular flexibility index (Phi) is 5.52. The molecule has 1 aliphatic rings. The lowest BCUT2D eigenvalue weighted by Gasteiger charge is -2.34. The van der Waals surface area contributed by atoms with Crippen molar-refractivity contribution in [3.8, 4) is 5.75 Å². The Balaban J connectivity index is 2.07. The van der Waals surface area contributed by atoms with E-state index in [1.54, 1.807) is 0 Å². The second-order valence-corrected chi connectivity index (χ2v) is 5.48. The molecule has 0 bridgehead atoms. The number of rotatable bonds is 5. The standard InChI is InChI=1S/C15H24ClN3O/c1-3-18-7-9-19(10-8-18)11-12-5-6-13(17)14(16)15(12)20-4-2/h5-6H,3-4,7-11,17H2,1-2H3. The van der Waals surface area contributed by atoms with Crippen molar-refractivity contribution in [3.05, 3.63) is 22.7 Å². The summed E-state index contributed by atoms with van der Waals surface area (Å²) in [6.07, 6.45) is 0. The number of nitrogens with two attached hydrogens (primary N) is 1. The Morgan fingerprint density at radius 1 is 1.15 bits per heavy atom. The van der Waals surface area contributed by atoms with Gasteiger partial charge in [0.25, 0.3) is 0 Å². The van der Waals surface area contributed by atoms with Crippen LogP contribution in [0.3, 0.4) is 0 Å². The lowest BCUT2D eigenvalue weighted by molar-refractivity contribution is 0.131. The fraction of sp³-hybridized carbons (Fsp3) is 0.600. The number of ether oxygens (including phenoxy) is 1. The van der Waals surface area contributed by atoms with E-state index in [4.69, 9.17) is 22.1 Å². The SMILES string of the molecule is CCOc1c(CN2CCN(CC)CC2)ccc(N)c1Cl. The molecule has 0 spiro atoms. The van der Waals surface area contributed by atoms with Crippen LogP contribution in [0.15, 0.2) is 12.1 Å². The van der Waals surface area contributed by atoms with Crippen molar-refractivity contribution >= 4 is 17.3 Å². The second-order valence-electron chi connectivity index (χ2n) is 5.10. The second kappa shape index (κ2) is 7.16. The highest BCUT2D eigenvalue weighted by atomic mass is 35.5. The van der Waals surface area contributed by atoms with Gasteiger partial charge in [-0.3, -0.25) is 4.90 Å². The minimum Gasteiger partial charge on any atom is -0.492 e. The summed E-state index contributed by atoms with van der Waals surface area (Å²) in [5, 5.41) is 0.538. The van der Waals surface area contributed by atoms with Crippen LogP contribution in [0.1, 0.15) is 19.4 Å². The molecule has 0 atom stereocenters. The molecule has 2 rings (SSSR count). The molecular weight excluding hydrogens is 274 g/mol. The van der Waals surface area contributed by atoms with Crippen molar-refractivity contribution in [2.24, 2.45) is 0 Å². The summed E-state index contributed by atoms with van der Waals surface area (Å²) in [4.78, 5) is 4.91. The van der Waals surface area contributed by atoms with E-state index >= 15 is 0 Å². The van der Waals surface area contributed by atoms with Crippen molar-refractivity contribution < 1.29 is 4.74 Å². The molecule has 0 amide bonds. The fourth-order valence-electron chi connectivity index (χ4n) is 2.54. The monoisotopic (exact) mass is 297 g/mol. The van der Waals surface area contributed by atoms with E-state index in [9.17, 15) is 0 Å². The molecule has 2 N–H and O–H groups in total. The average molecular weight is 298 g/mol. The van der Waals surface area contributed by atoms with Crippen molar-refractivity contribution in [2.45, 2.75) is 20.4 Å². The highest BCUT2D eigenvalue weighted by Crippen LogP contribution is 2.34. The lowest BCUT2D eigenvalue weighted by Crippen LogP contribution is -2.45. The van der Waals surface area contributed by atoms with Gasteiger partial charge >= 0.3 is 0 Å². The van der Waals surface area contributed by atoms with Crippen LogP contribution in [0.25, 0.3) is 0 Å². The van der Waals surface area contributed by atoms with Gasteiger partial charge < -0.3 is 15.4 Å². The van der Waals surface area contributed by atoms with Crippen LogP contribution in [-0.2, 0) is 6.54 Å². The predicted octanol–water partition coefficient (Wildman–Crippen LogP) is 2.46. The minimum absolute atomic E-state index is 0.538. The first-order valence-electron chi connectivity index (χ1n) is 7.30. The molecular formula is C15H24ClN3O. The van der Waals surface area contributed by atoms with Crippen molar-refractivity contribution in [2.75, 3.05) is 45.1 Å². The maximum Gasteiger partial charge on any atom is 0.144 e. The molecule has 0 unspecified atom stereocenters. The number of anilines is 1. The number of nitrogen functional groups attached to an aromatic ring is 1. The quantitative estimate of drug-likeness (QED) is 0.848. The molecule has 112 valence electrons. The van der Waals surface area contributed by atoms with Crippen molar-refractivity contribution in [3.63, 3.8) is 0 Å². The van der Waals surface area contributed by atoms with E-state index < -0.39 is 0 Å². The Bertz CT molecular complexity index is 445. The molecule has 0 aliphatic carbocycles. The lowest BCUT2D eigenvalue weighted by atomic mass is 10.1. The Hall–Kier alpha value is -0.970. The normalized spacial score (nSPS) is 17.4. The van der Waals surface area contributed by atoms with E-state index in [1.165, 1.54) is 0 Å². The summed E-state index contributed by atoms with van der Waals surface area (Å²) in [5.41, 5.74) is 7.56. The van der Waals surface area contributed by atoms with Gasteiger partial charge in [0.15, 0.2) is 0 Å². The van der Waals surface area contributed by atoms with Gasteiger partial charge in [-0.25, -0.2) is 0 Å². The fourth-order valence-corrected chi connectivity index (χ4v) is 2.78. The highest BCUT2D eigenvalue weighted by Gasteiger charge is 2.18. The van der Waals surface area contributed by atoms with Gasteiger partial charge in [0.2, 0.25) is 0 Å². The summed E-state index contributed by atoms with van der Waals surface area (Å²) >= 11 is 6.26. The van der Waals surface area contributed by atoms with Crippen LogP contribution in [0, 0.1) is 0 Å². The van der Waals surface area contributed by atoms with Crippen LogP contribution in [0.4, 0.5) is 5.69 Å². The number of benzene rings is 1. The van der Waals surface area contributed by atoms with Gasteiger partial charge in [0.05, 0.1) is 12.3 Å². The predicted molar refractivity (Wildman–Crippen MR) is 84.4 cm³/mol. The van der Waals surface area contributed by atoms with Gasteiger partial charge in [-0.15, -0.1) is 0 Å². The van der Waals surface area contributed by atoms with Gasteiger partial charge in [-0.05, 0) is 19.5 Å². The smallest absolute Gasteiger partial charge is 0.144 e. The van der Waals surface area contributed by atoms with Gasteiger partial charge in [-0.2, -0.15) is 0 Å². The van der Waals surface area contributed by atoms with Gasteiger partial charge in [0.1, 0.15) is 10.8 Å². The maximum absolute atomic E-state index is 6.26. The first-order valence-corrected chi connectivity index (χ1v) is 7.67. The number of piperazine rings is 1. The zero-order valence-electron chi connectivity index (χ0n) is 12.4. The molecule has 1 aromatic carbocycles. The molecule has 1 aromatic rings. The molecule has 1 heterocycles. The molecule has 20 heavy (non-hydrogen) atoms. The molecule has 1 fully saturated rings. The minimum atomic E-state index is 0.538. The largest absolute Gasteiger partial charge is 0.492 e. The van der Waals surface area contributed by atoms with E-state index in [0.29, 0.717) is 17.3 Å². The summed E-state index contributed by atoms with van der Waals surface area (Å²) in [6.45, 7) is 11.2. The number of hydrogen-bond acceptors (Lipinski definition) is 4. The van der Waals surface area contributed by atoms with E-state index in [1.807, 2.05) is 19.1 Å². The Morgan fingerprint density at radius 2 is 1.80 bits per heavy atom. The Morgan fingerprint density at radius 3 is 2.40 bits per heavy atom. The molecule has 5 heteroatoms. The van der Waals surface area contributed by atoms with Crippen LogP contribution >= 0.6 is 11.6 Å². The van der Waals surface area contributed by atoms with Crippen LogP contribution in [-0.4, -0.2) is 49.1 Å². The van der Waals surface area contributed by atoms with Crippen LogP contribution in [0.5, 0.6) is 5.75 Å². The van der Waals surface area contributed by atoms with Gasteiger partial charge in [0, 0.05) is 38.3 Å². The van der Waals surface area contributed by atoms with Crippen molar-refractivity contribution in [1.82, 2.24) is 9.80 Å². The van der Waals surface area contributed by atoms with Crippen molar-refractivity contribution in [1.29, 1.82) is 0 Å². The maximum atomic E-state index is 6.26. The molecule has 1 aliphatic heterocycles. The third kappa shape index (κ3) is 3.57. The van der Waals surface area contributed by atoms with Crippen LogP contribution < -0.4 is 10.5 Å². The summed E-state index contributed by atoms with van der Waals surface area (Å²) < 4.78 is 5.68. The summed E-state index contributed by atoms with van der Waals surface area (Å²) in [7, 11) is 0. The van der Waals surface area contributed by atoms with E-state index in [0.717, 1.165) is 50.6 Å². The first kappa shape index (κ1) is 15.4. The topological polar surface area (TPSA) is 41.7 Å². The van der Waals surface area contributed by atoms with E-state index in [-0.39, 0.29) is 0 Å². The van der Waals surface area contributed by atoms with Gasteiger partial charge in [-0.1, -0.05) is 24.6 Å². The molecule has 1 saturated heterocycles. The zero-order chi connectivity index (χ0) is 14.5. The number of likely N-dealkylation sites (N-methyl/N-ethyl adjacent to an activating group) is 1. The van der Waals surface area contributed by atoms with E-state index in [2.05, 4.69) is 16.7 Å². The zero-order valence-corrected chi connectivity index (χ0v) is 13.1. The molecule has 0 saturated carbocycles. The third-order valence-corrected chi connectivity index (χ3v) is 4.19. The number of nitrogens with zero attached hydrogens (tertiary/aromatic N) is 2. The third-order valence-electron chi connectivity index (χ3n) is 3.80. The number of hydrogen-bond donors (Lipinski definition) is 1.